The minimum Gasteiger partial charge on any atom is -0.467 e. The lowest BCUT2D eigenvalue weighted by Crippen LogP contribution is -2.25. The molecule has 2 heterocycles. The van der Waals surface area contributed by atoms with Crippen LogP contribution in [0.1, 0.15) is 16.1 Å². The first-order chi connectivity index (χ1) is 9.24. The molecule has 0 radical (unpaired) electrons. The molecule has 2 aromatic heterocycles. The number of carbonyl (C=O) groups excluding carboxylic acids is 1. The summed E-state index contributed by atoms with van der Waals surface area (Å²) in [7, 11) is 1.77. The molecule has 0 fully saturated rings. The summed E-state index contributed by atoms with van der Waals surface area (Å²) < 4.78 is 5.25. The highest BCUT2D eigenvalue weighted by molar-refractivity contribution is 5.97. The molecule has 0 saturated carbocycles. The summed E-state index contributed by atoms with van der Waals surface area (Å²) in [6.07, 6.45) is 3.48. The zero-order valence-corrected chi connectivity index (χ0v) is 10.6. The van der Waals surface area contributed by atoms with E-state index >= 15 is 0 Å². The van der Waals surface area contributed by atoms with Crippen LogP contribution in [0.2, 0.25) is 0 Å². The fourth-order valence-corrected chi connectivity index (χ4v) is 2.11. The molecule has 0 atom stereocenters. The summed E-state index contributed by atoms with van der Waals surface area (Å²) >= 11 is 0. The van der Waals surface area contributed by atoms with Crippen molar-refractivity contribution < 1.29 is 9.21 Å². The molecule has 3 rings (SSSR count). The largest absolute Gasteiger partial charge is 0.467 e. The van der Waals surface area contributed by atoms with Gasteiger partial charge >= 0.3 is 0 Å². The predicted molar refractivity (Wildman–Crippen MR) is 72.8 cm³/mol. The highest BCUT2D eigenvalue weighted by atomic mass is 16.3. The second-order valence-corrected chi connectivity index (χ2v) is 4.52. The maximum Gasteiger partial charge on any atom is 0.254 e. The van der Waals surface area contributed by atoms with Crippen molar-refractivity contribution in [2.45, 2.75) is 6.54 Å². The van der Waals surface area contributed by atoms with Gasteiger partial charge in [0.25, 0.3) is 5.91 Å². The molecule has 96 valence electrons. The van der Waals surface area contributed by atoms with Crippen molar-refractivity contribution in [3.8, 4) is 0 Å². The maximum absolute atomic E-state index is 12.3. The first kappa shape index (κ1) is 11.6. The molecule has 0 unspecified atom stereocenters. The van der Waals surface area contributed by atoms with Gasteiger partial charge < -0.3 is 14.3 Å². The first-order valence-corrected chi connectivity index (χ1v) is 6.09. The average molecular weight is 254 g/mol. The smallest absolute Gasteiger partial charge is 0.254 e. The molecular formula is C15H14N2O2. The van der Waals surface area contributed by atoms with E-state index in [-0.39, 0.29) is 5.91 Å². The van der Waals surface area contributed by atoms with Crippen molar-refractivity contribution >= 4 is 16.8 Å². The number of carbonyl (C=O) groups is 1. The monoisotopic (exact) mass is 254 g/mol. The molecule has 0 saturated heterocycles. The fraction of sp³-hybridized carbons (Fsp3) is 0.133. The zero-order chi connectivity index (χ0) is 13.2. The molecule has 0 spiro atoms. The maximum atomic E-state index is 12.3. The van der Waals surface area contributed by atoms with Crippen LogP contribution < -0.4 is 0 Å². The highest BCUT2D eigenvalue weighted by Gasteiger charge is 2.13. The number of H-pyrrole nitrogens is 1. The van der Waals surface area contributed by atoms with Gasteiger partial charge in [-0.2, -0.15) is 0 Å². The topological polar surface area (TPSA) is 49.2 Å². The number of hydrogen-bond donors (Lipinski definition) is 1. The molecule has 4 nitrogen and oxygen atoms in total. The van der Waals surface area contributed by atoms with E-state index in [0.29, 0.717) is 12.1 Å². The molecule has 19 heavy (non-hydrogen) atoms. The predicted octanol–water partition coefficient (Wildman–Crippen LogP) is 3.03. The summed E-state index contributed by atoms with van der Waals surface area (Å²) in [6.45, 7) is 0.469. The molecule has 0 aliphatic heterocycles. The molecule has 0 bridgehead atoms. The second kappa shape index (κ2) is 4.65. The number of aromatic nitrogens is 1. The minimum atomic E-state index is -0.0144. The summed E-state index contributed by atoms with van der Waals surface area (Å²) in [5.74, 6) is 0.762. The second-order valence-electron chi connectivity index (χ2n) is 4.52. The van der Waals surface area contributed by atoms with Crippen LogP contribution in [0.3, 0.4) is 0 Å². The molecule has 3 aromatic rings. The molecule has 1 aromatic carbocycles. The van der Waals surface area contributed by atoms with E-state index in [1.165, 1.54) is 0 Å². The first-order valence-electron chi connectivity index (χ1n) is 6.09. The molecular weight excluding hydrogens is 240 g/mol. The van der Waals surface area contributed by atoms with E-state index in [1.54, 1.807) is 18.2 Å². The van der Waals surface area contributed by atoms with Gasteiger partial charge in [-0.25, -0.2) is 0 Å². The highest BCUT2D eigenvalue weighted by Crippen LogP contribution is 2.16. The summed E-state index contributed by atoms with van der Waals surface area (Å²) in [5.41, 5.74) is 1.71. The Bertz CT molecular complexity index is 698. The van der Waals surface area contributed by atoms with Crippen molar-refractivity contribution in [1.82, 2.24) is 9.88 Å². The van der Waals surface area contributed by atoms with Gasteiger partial charge in [-0.3, -0.25) is 4.79 Å². The van der Waals surface area contributed by atoms with Crippen molar-refractivity contribution in [3.63, 3.8) is 0 Å². The van der Waals surface area contributed by atoms with Gasteiger partial charge in [-0.1, -0.05) is 0 Å². The Labute approximate surface area is 110 Å². The third-order valence-corrected chi connectivity index (χ3v) is 3.12. The number of hydrogen-bond acceptors (Lipinski definition) is 2. The summed E-state index contributed by atoms with van der Waals surface area (Å²) in [4.78, 5) is 17.1. The number of fused-ring (bicyclic) bond motifs is 1. The molecule has 1 N–H and O–H groups in total. The van der Waals surface area contributed by atoms with E-state index in [1.807, 2.05) is 42.6 Å². The van der Waals surface area contributed by atoms with Gasteiger partial charge in [-0.15, -0.1) is 0 Å². The minimum absolute atomic E-state index is 0.0144. The summed E-state index contributed by atoms with van der Waals surface area (Å²) in [6, 6.07) is 11.3. The van der Waals surface area contributed by atoms with Crippen LogP contribution in [-0.2, 0) is 6.54 Å². The number of rotatable bonds is 3. The summed E-state index contributed by atoms with van der Waals surface area (Å²) in [5, 5.41) is 1.04. The van der Waals surface area contributed by atoms with Crippen LogP contribution in [0.25, 0.3) is 10.9 Å². The average Bonchev–Trinajstić information content (AvgIpc) is 3.07. The Morgan fingerprint density at radius 1 is 1.32 bits per heavy atom. The van der Waals surface area contributed by atoms with Crippen LogP contribution in [0, 0.1) is 0 Å². The van der Waals surface area contributed by atoms with E-state index in [2.05, 4.69) is 4.98 Å². The van der Waals surface area contributed by atoms with E-state index in [9.17, 15) is 4.79 Å². The van der Waals surface area contributed by atoms with Gasteiger partial charge in [0.1, 0.15) is 5.76 Å². The van der Waals surface area contributed by atoms with E-state index in [4.69, 9.17) is 4.42 Å². The van der Waals surface area contributed by atoms with Gasteiger partial charge in [0.15, 0.2) is 0 Å². The van der Waals surface area contributed by atoms with Crippen LogP contribution in [-0.4, -0.2) is 22.8 Å². The third-order valence-electron chi connectivity index (χ3n) is 3.12. The van der Waals surface area contributed by atoms with Crippen molar-refractivity contribution in [2.24, 2.45) is 0 Å². The Balaban J connectivity index is 1.82. The molecule has 0 aliphatic rings. The van der Waals surface area contributed by atoms with Crippen LogP contribution in [0.4, 0.5) is 0 Å². The van der Waals surface area contributed by atoms with Crippen molar-refractivity contribution in [1.29, 1.82) is 0 Å². The van der Waals surface area contributed by atoms with Gasteiger partial charge in [0.2, 0.25) is 0 Å². The fourth-order valence-electron chi connectivity index (χ4n) is 2.11. The number of nitrogens with zero attached hydrogens (tertiary/aromatic N) is 1. The number of furan rings is 1. The quantitative estimate of drug-likeness (QED) is 0.781. The molecule has 1 amide bonds. The van der Waals surface area contributed by atoms with Gasteiger partial charge in [0.05, 0.1) is 12.8 Å². The van der Waals surface area contributed by atoms with Crippen LogP contribution >= 0.6 is 0 Å². The van der Waals surface area contributed by atoms with Crippen LogP contribution in [0.15, 0.2) is 53.3 Å². The van der Waals surface area contributed by atoms with Gasteiger partial charge in [-0.05, 0) is 36.4 Å². The Hall–Kier alpha value is -2.49. The lowest BCUT2D eigenvalue weighted by Gasteiger charge is -2.15. The van der Waals surface area contributed by atoms with Crippen LogP contribution in [0.5, 0.6) is 0 Å². The van der Waals surface area contributed by atoms with Crippen molar-refractivity contribution in [3.05, 3.63) is 60.2 Å². The van der Waals surface area contributed by atoms with E-state index < -0.39 is 0 Å². The number of benzene rings is 1. The lowest BCUT2D eigenvalue weighted by molar-refractivity contribution is 0.0775. The normalized spacial score (nSPS) is 10.8. The number of nitrogens with one attached hydrogen (secondary N) is 1. The van der Waals surface area contributed by atoms with E-state index in [0.717, 1.165) is 16.7 Å². The molecule has 0 aliphatic carbocycles. The SMILES string of the molecule is CN(Cc1ccco1)C(=O)c1ccc2[nH]ccc2c1. The van der Waals surface area contributed by atoms with Gasteiger partial charge in [0, 0.05) is 29.7 Å². The Kier molecular flexibility index (Phi) is 2.83. The third kappa shape index (κ3) is 2.25. The lowest BCUT2D eigenvalue weighted by atomic mass is 10.1. The van der Waals surface area contributed by atoms with Crippen molar-refractivity contribution in [2.75, 3.05) is 7.05 Å². The standard InChI is InChI=1S/C15H14N2O2/c1-17(10-13-3-2-8-19-13)15(18)12-4-5-14-11(9-12)6-7-16-14/h2-9,16H,10H2,1H3. The number of aromatic amines is 1. The molecule has 4 heteroatoms. The zero-order valence-electron chi connectivity index (χ0n) is 10.6. The Morgan fingerprint density at radius 3 is 3.00 bits per heavy atom. The number of amides is 1. The Morgan fingerprint density at radius 2 is 2.21 bits per heavy atom.